The second kappa shape index (κ2) is 5.30. The van der Waals surface area contributed by atoms with Crippen molar-refractivity contribution in [2.45, 2.75) is 37.6 Å². The zero-order valence-corrected chi connectivity index (χ0v) is 12.0. The number of alkyl halides is 3. The zero-order valence-electron chi connectivity index (χ0n) is 12.0. The lowest BCUT2D eigenvalue weighted by Crippen LogP contribution is -2.61. The van der Waals surface area contributed by atoms with Gasteiger partial charge in [0.15, 0.2) is 0 Å². The van der Waals surface area contributed by atoms with Crippen molar-refractivity contribution in [3.63, 3.8) is 0 Å². The van der Waals surface area contributed by atoms with Crippen LogP contribution >= 0.6 is 0 Å². The van der Waals surface area contributed by atoms with Crippen molar-refractivity contribution in [1.82, 2.24) is 5.01 Å². The van der Waals surface area contributed by atoms with Crippen LogP contribution in [0.25, 0.3) is 0 Å². The van der Waals surface area contributed by atoms with Crippen LogP contribution in [0.2, 0.25) is 0 Å². The fraction of sp³-hybridized carbons (Fsp3) is 0.467. The molecular weight excluding hydrogens is 316 g/mol. The van der Waals surface area contributed by atoms with E-state index in [0.29, 0.717) is 19.3 Å². The zero-order chi connectivity index (χ0) is 16.8. The first-order valence-electron chi connectivity index (χ1n) is 7.21. The number of carbonyl (C=O) groups excluding carboxylic acids is 1. The van der Waals surface area contributed by atoms with Crippen LogP contribution in [0.3, 0.4) is 0 Å². The highest BCUT2D eigenvalue weighted by Gasteiger charge is 2.68. The fourth-order valence-corrected chi connectivity index (χ4v) is 3.16. The summed E-state index contributed by atoms with van der Waals surface area (Å²) in [5, 5.41) is 14.2. The monoisotopic (exact) mass is 330 g/mol. The summed E-state index contributed by atoms with van der Waals surface area (Å²) in [6.45, 7) is 0. The summed E-state index contributed by atoms with van der Waals surface area (Å²) in [6, 6.07) is 4.29. The number of hydrogen-bond acceptors (Lipinski definition) is 3. The van der Waals surface area contributed by atoms with Gasteiger partial charge in [0.25, 0.3) is 11.6 Å². The molecule has 1 heterocycles. The molecule has 0 aromatic heterocycles. The van der Waals surface area contributed by atoms with E-state index in [1.54, 1.807) is 0 Å². The molecule has 1 saturated carbocycles. The molecule has 1 aliphatic heterocycles. The third kappa shape index (κ3) is 2.41. The van der Waals surface area contributed by atoms with Gasteiger partial charge in [-0.25, -0.2) is 4.39 Å². The standard InChI is InChI=1S/C15H14F4N2O2/c16-10-5-3-4-9(8-10)13(22)21-14(23,15(17,18)19)11-6-1-2-7-12(11)20-21/h3-5,8,11,23H,1-2,6-7H2/t11-,14+/m0/s1. The number of amides is 1. The lowest BCUT2D eigenvalue weighted by Gasteiger charge is -2.38. The highest BCUT2D eigenvalue weighted by Crippen LogP contribution is 2.48. The summed E-state index contributed by atoms with van der Waals surface area (Å²) in [5.41, 5.74) is -3.51. The molecule has 2 atom stereocenters. The van der Waals surface area contributed by atoms with Gasteiger partial charge in [-0.3, -0.25) is 4.79 Å². The summed E-state index contributed by atoms with van der Waals surface area (Å²) in [5.74, 6) is -3.20. The molecule has 0 radical (unpaired) electrons. The maximum absolute atomic E-state index is 13.5. The van der Waals surface area contributed by atoms with Crippen LogP contribution in [-0.2, 0) is 0 Å². The third-order valence-electron chi connectivity index (χ3n) is 4.30. The second-order valence-electron chi connectivity index (χ2n) is 5.74. The lowest BCUT2D eigenvalue weighted by atomic mass is 9.80. The molecule has 124 valence electrons. The number of halogens is 4. The van der Waals surface area contributed by atoms with Gasteiger partial charge in [-0.05, 0) is 37.5 Å². The number of hydrogen-bond donors (Lipinski definition) is 1. The normalized spacial score (nSPS) is 27.6. The number of rotatable bonds is 1. The largest absolute Gasteiger partial charge is 0.439 e. The van der Waals surface area contributed by atoms with Gasteiger partial charge < -0.3 is 5.11 Å². The molecule has 1 N–H and O–H groups in total. The van der Waals surface area contributed by atoms with E-state index in [1.807, 2.05) is 0 Å². The molecule has 4 nitrogen and oxygen atoms in total. The van der Waals surface area contributed by atoms with Gasteiger partial charge >= 0.3 is 6.18 Å². The van der Waals surface area contributed by atoms with E-state index in [1.165, 1.54) is 12.1 Å². The van der Waals surface area contributed by atoms with Gasteiger partial charge in [-0.2, -0.15) is 23.3 Å². The summed E-state index contributed by atoms with van der Waals surface area (Å²) in [6.07, 6.45) is -3.49. The Balaban J connectivity index is 2.05. The van der Waals surface area contributed by atoms with Crippen molar-refractivity contribution < 1.29 is 27.5 Å². The molecule has 0 saturated heterocycles. The Morgan fingerprint density at radius 2 is 2.09 bits per heavy atom. The number of fused-ring (bicyclic) bond motifs is 1. The van der Waals surface area contributed by atoms with E-state index >= 15 is 0 Å². The Labute approximate surface area is 129 Å². The van der Waals surface area contributed by atoms with Crippen LogP contribution in [0.15, 0.2) is 29.4 Å². The van der Waals surface area contributed by atoms with E-state index in [2.05, 4.69) is 5.10 Å². The summed E-state index contributed by atoms with van der Waals surface area (Å²) < 4.78 is 53.8. The first-order valence-corrected chi connectivity index (χ1v) is 7.21. The van der Waals surface area contributed by atoms with Gasteiger partial charge in [-0.1, -0.05) is 12.5 Å². The van der Waals surface area contributed by atoms with Gasteiger partial charge in [0, 0.05) is 11.3 Å². The molecule has 0 unspecified atom stereocenters. The van der Waals surface area contributed by atoms with E-state index in [-0.39, 0.29) is 22.7 Å². The average molecular weight is 330 g/mol. The minimum atomic E-state index is -5.07. The van der Waals surface area contributed by atoms with Crippen molar-refractivity contribution in [2.24, 2.45) is 11.0 Å². The molecular formula is C15H14F4N2O2. The number of nitrogens with zero attached hydrogens (tertiary/aromatic N) is 2. The van der Waals surface area contributed by atoms with Crippen LogP contribution in [0, 0.1) is 11.7 Å². The van der Waals surface area contributed by atoms with Gasteiger partial charge in [-0.15, -0.1) is 0 Å². The number of aliphatic hydroxyl groups is 1. The molecule has 8 heteroatoms. The third-order valence-corrected chi connectivity index (χ3v) is 4.30. The number of benzene rings is 1. The topological polar surface area (TPSA) is 52.9 Å². The Hall–Kier alpha value is -1.96. The lowest BCUT2D eigenvalue weighted by molar-refractivity contribution is -0.312. The summed E-state index contributed by atoms with van der Waals surface area (Å²) in [4.78, 5) is 12.4. The van der Waals surface area contributed by atoms with E-state index in [9.17, 15) is 27.5 Å². The van der Waals surface area contributed by atoms with Gasteiger partial charge in [0.1, 0.15) is 5.82 Å². The predicted molar refractivity (Wildman–Crippen MR) is 73.0 cm³/mol. The number of carbonyl (C=O) groups is 1. The van der Waals surface area contributed by atoms with Gasteiger partial charge in [0.05, 0.1) is 5.92 Å². The first kappa shape index (κ1) is 15.9. The molecule has 1 fully saturated rings. The minimum Gasteiger partial charge on any atom is -0.362 e. The summed E-state index contributed by atoms with van der Waals surface area (Å²) >= 11 is 0. The van der Waals surface area contributed by atoms with Crippen molar-refractivity contribution >= 4 is 11.6 Å². The highest BCUT2D eigenvalue weighted by molar-refractivity contribution is 5.99. The molecule has 0 bridgehead atoms. The van der Waals surface area contributed by atoms with Crippen molar-refractivity contribution in [2.75, 3.05) is 0 Å². The van der Waals surface area contributed by atoms with Crippen LogP contribution in [-0.4, -0.2) is 33.6 Å². The minimum absolute atomic E-state index is 0.0765. The van der Waals surface area contributed by atoms with E-state index in [0.717, 1.165) is 12.1 Å². The summed E-state index contributed by atoms with van der Waals surface area (Å²) in [7, 11) is 0. The molecule has 23 heavy (non-hydrogen) atoms. The molecule has 0 spiro atoms. The smallest absolute Gasteiger partial charge is 0.362 e. The second-order valence-corrected chi connectivity index (χ2v) is 5.74. The molecule has 1 aromatic carbocycles. The molecule has 3 rings (SSSR count). The molecule has 1 aliphatic carbocycles. The quantitative estimate of drug-likeness (QED) is 0.805. The van der Waals surface area contributed by atoms with Gasteiger partial charge in [0.2, 0.25) is 0 Å². The molecule has 1 aromatic rings. The number of hydrazone groups is 1. The highest BCUT2D eigenvalue weighted by atomic mass is 19.4. The predicted octanol–water partition coefficient (Wildman–Crippen LogP) is 3.08. The molecule has 1 amide bonds. The maximum atomic E-state index is 13.5. The van der Waals surface area contributed by atoms with Crippen molar-refractivity contribution in [1.29, 1.82) is 0 Å². The van der Waals surface area contributed by atoms with Crippen LogP contribution in [0.1, 0.15) is 36.0 Å². The van der Waals surface area contributed by atoms with Crippen LogP contribution in [0.4, 0.5) is 17.6 Å². The van der Waals surface area contributed by atoms with Crippen LogP contribution < -0.4 is 0 Å². The molecule has 2 aliphatic rings. The maximum Gasteiger partial charge on any atom is 0.439 e. The van der Waals surface area contributed by atoms with Crippen molar-refractivity contribution in [3.8, 4) is 0 Å². The van der Waals surface area contributed by atoms with E-state index < -0.39 is 29.5 Å². The Morgan fingerprint density at radius 3 is 2.74 bits per heavy atom. The van der Waals surface area contributed by atoms with E-state index in [4.69, 9.17) is 0 Å². The Bertz CT molecular complexity index is 674. The SMILES string of the molecule is O=C(c1cccc(F)c1)N1N=C2CCCC[C@@H]2[C@@]1(O)C(F)(F)F. The Kier molecular flexibility index (Phi) is 3.66. The first-order chi connectivity index (χ1) is 10.7. The van der Waals surface area contributed by atoms with Crippen LogP contribution in [0.5, 0.6) is 0 Å². The fourth-order valence-electron chi connectivity index (χ4n) is 3.16. The Morgan fingerprint density at radius 1 is 1.35 bits per heavy atom. The van der Waals surface area contributed by atoms with Crippen molar-refractivity contribution in [3.05, 3.63) is 35.6 Å². The average Bonchev–Trinajstić information content (AvgIpc) is 2.81.